The molecule has 2 aromatic rings. The molecule has 1 aromatic heterocycles. The van der Waals surface area contributed by atoms with Crippen LogP contribution in [0.3, 0.4) is 0 Å². The van der Waals surface area contributed by atoms with Crippen molar-refractivity contribution >= 4 is 21.7 Å². The standard InChI is InChI=1S/C15H16FN3O5S/c1-23-13-8-25(21,22)7-11(13)17-15(20)18-14-6-12(24-19-14)9-4-2-3-5-10(9)16/h2-6,11,13H,7-8H2,1H3,(H2,17,18,19,20). The first-order valence-electron chi connectivity index (χ1n) is 7.40. The fourth-order valence-electron chi connectivity index (χ4n) is 2.63. The monoisotopic (exact) mass is 369 g/mol. The normalized spacial score (nSPS) is 21.8. The average Bonchev–Trinajstić information content (AvgIpc) is 3.11. The molecule has 2 amide bonds. The molecule has 0 spiro atoms. The van der Waals surface area contributed by atoms with E-state index >= 15 is 0 Å². The summed E-state index contributed by atoms with van der Waals surface area (Å²) >= 11 is 0. The molecule has 3 rings (SSSR count). The van der Waals surface area contributed by atoms with Crippen LogP contribution in [0.5, 0.6) is 0 Å². The number of nitrogens with one attached hydrogen (secondary N) is 2. The number of nitrogens with zero attached hydrogens (tertiary/aromatic N) is 1. The Hall–Kier alpha value is -2.46. The highest BCUT2D eigenvalue weighted by molar-refractivity contribution is 7.91. The van der Waals surface area contributed by atoms with E-state index in [-0.39, 0.29) is 28.6 Å². The van der Waals surface area contributed by atoms with Gasteiger partial charge in [-0.1, -0.05) is 17.3 Å². The van der Waals surface area contributed by atoms with E-state index in [0.717, 1.165) is 0 Å². The summed E-state index contributed by atoms with van der Waals surface area (Å²) in [5.41, 5.74) is 0.213. The Morgan fingerprint density at radius 3 is 2.84 bits per heavy atom. The van der Waals surface area contributed by atoms with Crippen LogP contribution in [0.25, 0.3) is 11.3 Å². The number of methoxy groups -OCH3 is 1. The first-order chi connectivity index (χ1) is 11.9. The molecule has 2 N–H and O–H groups in total. The van der Waals surface area contributed by atoms with Crippen molar-refractivity contribution in [3.8, 4) is 11.3 Å². The van der Waals surface area contributed by atoms with E-state index < -0.39 is 33.8 Å². The van der Waals surface area contributed by atoms with Crippen molar-refractivity contribution in [2.24, 2.45) is 0 Å². The number of carbonyl (C=O) groups excluding carboxylic acids is 1. The lowest BCUT2D eigenvalue weighted by molar-refractivity contribution is 0.102. The van der Waals surface area contributed by atoms with Gasteiger partial charge >= 0.3 is 6.03 Å². The number of hydrogen-bond donors (Lipinski definition) is 2. The summed E-state index contributed by atoms with van der Waals surface area (Å²) in [6.45, 7) is 0. The lowest BCUT2D eigenvalue weighted by atomic mass is 10.1. The number of anilines is 1. The molecule has 25 heavy (non-hydrogen) atoms. The zero-order valence-corrected chi connectivity index (χ0v) is 14.0. The third kappa shape index (κ3) is 3.97. The Balaban J connectivity index is 1.65. The lowest BCUT2D eigenvalue weighted by Gasteiger charge is -2.17. The van der Waals surface area contributed by atoms with Gasteiger partial charge in [0, 0.05) is 13.2 Å². The smallest absolute Gasteiger partial charge is 0.320 e. The van der Waals surface area contributed by atoms with E-state index in [4.69, 9.17) is 9.26 Å². The minimum absolute atomic E-state index is 0.0746. The van der Waals surface area contributed by atoms with Crippen LogP contribution in [0.1, 0.15) is 0 Å². The van der Waals surface area contributed by atoms with E-state index in [1.54, 1.807) is 12.1 Å². The molecule has 2 unspecified atom stereocenters. The summed E-state index contributed by atoms with van der Waals surface area (Å²) < 4.78 is 47.1. The Bertz CT molecular complexity index is 883. The van der Waals surface area contributed by atoms with Crippen LogP contribution in [-0.4, -0.2) is 50.4 Å². The molecule has 8 nitrogen and oxygen atoms in total. The van der Waals surface area contributed by atoms with Gasteiger partial charge in [-0.05, 0) is 12.1 Å². The highest BCUT2D eigenvalue weighted by atomic mass is 32.2. The minimum Gasteiger partial charge on any atom is -0.378 e. The Morgan fingerprint density at radius 2 is 2.12 bits per heavy atom. The number of ether oxygens (including phenoxy) is 1. The lowest BCUT2D eigenvalue weighted by Crippen LogP contribution is -2.45. The van der Waals surface area contributed by atoms with Crippen LogP contribution in [0.4, 0.5) is 15.0 Å². The molecule has 0 bridgehead atoms. The fourth-order valence-corrected chi connectivity index (χ4v) is 4.48. The minimum atomic E-state index is -3.26. The molecule has 2 heterocycles. The molecule has 0 saturated carbocycles. The molecular formula is C15H16FN3O5S. The van der Waals surface area contributed by atoms with Gasteiger partial charge in [-0.3, -0.25) is 5.32 Å². The second-order valence-electron chi connectivity index (χ2n) is 5.61. The van der Waals surface area contributed by atoms with Gasteiger partial charge in [-0.2, -0.15) is 0 Å². The topological polar surface area (TPSA) is 111 Å². The molecule has 1 aliphatic rings. The molecule has 1 aromatic carbocycles. The van der Waals surface area contributed by atoms with Crippen LogP contribution in [0.2, 0.25) is 0 Å². The number of sulfone groups is 1. The van der Waals surface area contributed by atoms with Gasteiger partial charge in [0.1, 0.15) is 5.82 Å². The van der Waals surface area contributed by atoms with E-state index in [9.17, 15) is 17.6 Å². The highest BCUT2D eigenvalue weighted by Crippen LogP contribution is 2.25. The summed E-state index contributed by atoms with van der Waals surface area (Å²) in [5.74, 6) is -0.584. The van der Waals surface area contributed by atoms with Gasteiger partial charge in [0.25, 0.3) is 0 Å². The average molecular weight is 369 g/mol. The van der Waals surface area contributed by atoms with Crippen molar-refractivity contribution in [3.63, 3.8) is 0 Å². The number of hydrogen-bond acceptors (Lipinski definition) is 6. The van der Waals surface area contributed by atoms with Gasteiger partial charge < -0.3 is 14.6 Å². The predicted octanol–water partition coefficient (Wildman–Crippen LogP) is 1.41. The molecule has 1 saturated heterocycles. The molecule has 1 fully saturated rings. The van der Waals surface area contributed by atoms with Crippen molar-refractivity contribution in [2.45, 2.75) is 12.1 Å². The number of amides is 2. The maximum absolute atomic E-state index is 13.7. The second kappa shape index (κ2) is 6.81. The van der Waals surface area contributed by atoms with E-state index in [1.165, 1.54) is 25.3 Å². The number of urea groups is 1. The summed E-state index contributed by atoms with van der Waals surface area (Å²) in [4.78, 5) is 12.0. The van der Waals surface area contributed by atoms with Crippen LogP contribution < -0.4 is 10.6 Å². The van der Waals surface area contributed by atoms with Crippen molar-refractivity contribution in [2.75, 3.05) is 23.9 Å². The summed E-state index contributed by atoms with van der Waals surface area (Å²) in [5, 5.41) is 8.61. The van der Waals surface area contributed by atoms with Crippen molar-refractivity contribution in [1.82, 2.24) is 10.5 Å². The number of halogens is 1. The zero-order chi connectivity index (χ0) is 18.0. The molecule has 0 aliphatic carbocycles. The third-order valence-electron chi connectivity index (χ3n) is 3.81. The van der Waals surface area contributed by atoms with Gasteiger partial charge in [0.05, 0.1) is 29.2 Å². The van der Waals surface area contributed by atoms with Gasteiger partial charge in [0.15, 0.2) is 21.4 Å². The highest BCUT2D eigenvalue weighted by Gasteiger charge is 2.38. The van der Waals surface area contributed by atoms with Crippen molar-refractivity contribution < 1.29 is 26.9 Å². The molecule has 2 atom stereocenters. The second-order valence-corrected chi connectivity index (χ2v) is 7.77. The molecule has 10 heteroatoms. The van der Waals surface area contributed by atoms with Crippen LogP contribution in [-0.2, 0) is 14.6 Å². The zero-order valence-electron chi connectivity index (χ0n) is 13.2. The number of carbonyl (C=O) groups is 1. The van der Waals surface area contributed by atoms with Crippen molar-refractivity contribution in [3.05, 3.63) is 36.1 Å². The number of rotatable bonds is 4. The maximum atomic E-state index is 13.7. The Morgan fingerprint density at radius 1 is 1.36 bits per heavy atom. The van der Waals surface area contributed by atoms with Crippen LogP contribution in [0.15, 0.2) is 34.9 Å². The van der Waals surface area contributed by atoms with Gasteiger partial charge in [0.2, 0.25) is 0 Å². The molecule has 1 aliphatic heterocycles. The summed E-state index contributed by atoms with van der Waals surface area (Å²) in [6, 6.07) is 6.05. The first kappa shape index (κ1) is 17.4. The van der Waals surface area contributed by atoms with E-state index in [2.05, 4.69) is 15.8 Å². The van der Waals surface area contributed by atoms with E-state index in [0.29, 0.717) is 0 Å². The number of aromatic nitrogens is 1. The fraction of sp³-hybridized carbons (Fsp3) is 0.333. The van der Waals surface area contributed by atoms with Gasteiger partial charge in [-0.15, -0.1) is 0 Å². The third-order valence-corrected chi connectivity index (χ3v) is 5.51. The SMILES string of the molecule is COC1CS(=O)(=O)CC1NC(=O)Nc1cc(-c2ccccc2F)on1. The Kier molecular flexibility index (Phi) is 4.73. The predicted molar refractivity (Wildman–Crippen MR) is 87.3 cm³/mol. The maximum Gasteiger partial charge on any atom is 0.320 e. The molecule has 0 radical (unpaired) electrons. The van der Waals surface area contributed by atoms with E-state index in [1.807, 2.05) is 0 Å². The molecular weight excluding hydrogens is 353 g/mol. The largest absolute Gasteiger partial charge is 0.378 e. The number of benzene rings is 1. The summed E-state index contributed by atoms with van der Waals surface area (Å²) in [6.07, 6.45) is -0.609. The van der Waals surface area contributed by atoms with Crippen molar-refractivity contribution in [1.29, 1.82) is 0 Å². The van der Waals surface area contributed by atoms with Crippen LogP contribution in [0, 0.1) is 5.82 Å². The summed E-state index contributed by atoms with van der Waals surface area (Å²) in [7, 11) is -1.87. The molecule has 134 valence electrons. The van der Waals surface area contributed by atoms with Gasteiger partial charge in [-0.25, -0.2) is 17.6 Å². The quantitative estimate of drug-likeness (QED) is 0.843. The first-order valence-corrected chi connectivity index (χ1v) is 9.22. The van der Waals surface area contributed by atoms with Crippen LogP contribution >= 0.6 is 0 Å². The Labute approximate surface area is 143 Å².